The number of alkyl carbamates (subject to hydrolysis) is 1. The van der Waals surface area contributed by atoms with E-state index >= 15 is 0 Å². The number of halogens is 1. The predicted octanol–water partition coefficient (Wildman–Crippen LogP) is 5.15. The Kier molecular flexibility index (Phi) is 5.22. The topological polar surface area (TPSA) is 82.2 Å². The van der Waals surface area contributed by atoms with Crippen LogP contribution in [-0.4, -0.2) is 26.4 Å². The van der Waals surface area contributed by atoms with Crippen molar-refractivity contribution in [1.82, 2.24) is 20.0 Å². The summed E-state index contributed by atoms with van der Waals surface area (Å²) >= 11 is 0. The zero-order chi connectivity index (χ0) is 22.2. The van der Waals surface area contributed by atoms with Crippen molar-refractivity contribution in [3.8, 4) is 17.3 Å². The molecule has 4 rings (SSSR count). The summed E-state index contributed by atoms with van der Waals surface area (Å²) in [5, 5.41) is 7.34. The minimum Gasteiger partial charge on any atom is -0.444 e. The van der Waals surface area contributed by atoms with Gasteiger partial charge in [-0.25, -0.2) is 9.18 Å². The lowest BCUT2D eigenvalue weighted by Crippen LogP contribution is -2.32. The van der Waals surface area contributed by atoms with E-state index in [1.807, 2.05) is 55.7 Å². The Morgan fingerprint density at radius 2 is 1.90 bits per heavy atom. The van der Waals surface area contributed by atoms with Crippen molar-refractivity contribution in [2.45, 2.75) is 39.8 Å². The van der Waals surface area contributed by atoms with E-state index < -0.39 is 11.7 Å². The van der Waals surface area contributed by atoms with Gasteiger partial charge in [-0.05, 0) is 69.7 Å². The zero-order valence-corrected chi connectivity index (χ0v) is 17.8. The number of aryl methyl sites for hydroxylation is 1. The highest BCUT2D eigenvalue weighted by Crippen LogP contribution is 2.31. The number of fused-ring (bicyclic) bond motifs is 1. The van der Waals surface area contributed by atoms with Gasteiger partial charge in [0.2, 0.25) is 0 Å². The van der Waals surface area contributed by atoms with Crippen molar-refractivity contribution >= 4 is 17.0 Å². The van der Waals surface area contributed by atoms with Crippen LogP contribution in [0.2, 0.25) is 0 Å². The third-order valence-corrected chi connectivity index (χ3v) is 4.54. The van der Waals surface area contributed by atoms with E-state index in [0.717, 1.165) is 22.2 Å². The normalized spacial score (nSPS) is 11.6. The molecule has 1 N–H and O–H groups in total. The minimum atomic E-state index is -0.549. The SMILES string of the molecule is Cc1noc(-c2cc3cc(F)ccc3n2-c2ccc(CNC(=O)OC(C)(C)C)cc2)n1. The van der Waals surface area contributed by atoms with Gasteiger partial charge in [0, 0.05) is 17.6 Å². The van der Waals surface area contributed by atoms with Crippen LogP contribution in [-0.2, 0) is 11.3 Å². The molecule has 0 unspecified atom stereocenters. The molecule has 0 radical (unpaired) electrons. The fourth-order valence-electron chi connectivity index (χ4n) is 3.27. The minimum absolute atomic E-state index is 0.318. The van der Waals surface area contributed by atoms with Gasteiger partial charge in [-0.1, -0.05) is 17.3 Å². The maximum absolute atomic E-state index is 13.8. The van der Waals surface area contributed by atoms with Crippen LogP contribution < -0.4 is 5.32 Å². The van der Waals surface area contributed by atoms with Gasteiger partial charge in [0.15, 0.2) is 5.82 Å². The molecule has 0 aliphatic rings. The van der Waals surface area contributed by atoms with Gasteiger partial charge in [-0.15, -0.1) is 0 Å². The van der Waals surface area contributed by atoms with Crippen LogP contribution in [0.25, 0.3) is 28.2 Å². The molecule has 0 saturated heterocycles. The highest BCUT2D eigenvalue weighted by molar-refractivity contribution is 5.88. The number of benzene rings is 2. The number of carbonyl (C=O) groups is 1. The Balaban J connectivity index is 1.65. The van der Waals surface area contributed by atoms with Crippen LogP contribution >= 0.6 is 0 Å². The lowest BCUT2D eigenvalue weighted by Gasteiger charge is -2.19. The number of amides is 1. The molecule has 0 atom stereocenters. The molecule has 0 saturated carbocycles. The van der Waals surface area contributed by atoms with E-state index in [1.165, 1.54) is 12.1 Å². The third-order valence-electron chi connectivity index (χ3n) is 4.54. The molecule has 0 fully saturated rings. The quantitative estimate of drug-likeness (QED) is 0.492. The summed E-state index contributed by atoms with van der Waals surface area (Å²) in [6, 6.07) is 14.1. The van der Waals surface area contributed by atoms with Crippen LogP contribution in [0, 0.1) is 12.7 Å². The number of rotatable bonds is 4. The van der Waals surface area contributed by atoms with Gasteiger partial charge < -0.3 is 19.1 Å². The van der Waals surface area contributed by atoms with Crippen molar-refractivity contribution in [2.75, 3.05) is 0 Å². The maximum atomic E-state index is 13.8. The fourth-order valence-corrected chi connectivity index (χ4v) is 3.27. The van der Waals surface area contributed by atoms with Crippen molar-refractivity contribution in [2.24, 2.45) is 0 Å². The van der Waals surface area contributed by atoms with Crippen molar-refractivity contribution in [3.05, 3.63) is 65.7 Å². The smallest absolute Gasteiger partial charge is 0.407 e. The maximum Gasteiger partial charge on any atom is 0.407 e. The van der Waals surface area contributed by atoms with Crippen molar-refractivity contribution < 1.29 is 18.4 Å². The van der Waals surface area contributed by atoms with Crippen molar-refractivity contribution in [3.63, 3.8) is 0 Å². The summed E-state index contributed by atoms with van der Waals surface area (Å²) < 4.78 is 26.3. The summed E-state index contributed by atoms with van der Waals surface area (Å²) in [5.74, 6) is 0.549. The van der Waals surface area contributed by atoms with Crippen LogP contribution in [0.4, 0.5) is 9.18 Å². The second kappa shape index (κ2) is 7.86. The van der Waals surface area contributed by atoms with E-state index in [-0.39, 0.29) is 5.82 Å². The summed E-state index contributed by atoms with van der Waals surface area (Å²) in [4.78, 5) is 16.2. The first-order valence-corrected chi connectivity index (χ1v) is 9.87. The van der Waals surface area contributed by atoms with E-state index in [4.69, 9.17) is 9.26 Å². The monoisotopic (exact) mass is 422 g/mol. The number of hydrogen-bond donors (Lipinski definition) is 1. The Labute approximate surface area is 178 Å². The summed E-state index contributed by atoms with van der Waals surface area (Å²) in [6.07, 6.45) is -0.468. The second-order valence-electron chi connectivity index (χ2n) is 8.24. The molecule has 7 nitrogen and oxygen atoms in total. The number of hydrogen-bond acceptors (Lipinski definition) is 5. The lowest BCUT2D eigenvalue weighted by molar-refractivity contribution is 0.0523. The number of aromatic nitrogens is 3. The molecule has 0 aliphatic carbocycles. The van der Waals surface area contributed by atoms with Gasteiger partial charge in [0.25, 0.3) is 5.89 Å². The molecule has 2 aromatic heterocycles. The number of nitrogens with one attached hydrogen (secondary N) is 1. The van der Waals surface area contributed by atoms with E-state index in [9.17, 15) is 9.18 Å². The average molecular weight is 422 g/mol. The average Bonchev–Trinajstić information content (AvgIpc) is 3.28. The Morgan fingerprint density at radius 1 is 1.16 bits per heavy atom. The zero-order valence-electron chi connectivity index (χ0n) is 17.8. The number of nitrogens with zero attached hydrogens (tertiary/aromatic N) is 3. The highest BCUT2D eigenvalue weighted by Gasteiger charge is 2.18. The predicted molar refractivity (Wildman–Crippen MR) is 114 cm³/mol. The lowest BCUT2D eigenvalue weighted by atomic mass is 10.2. The van der Waals surface area contributed by atoms with Gasteiger partial charge >= 0.3 is 6.09 Å². The van der Waals surface area contributed by atoms with Gasteiger partial charge in [0.05, 0.1) is 5.52 Å². The molecular formula is C23H23FN4O3. The van der Waals surface area contributed by atoms with Crippen LogP contribution in [0.1, 0.15) is 32.2 Å². The molecular weight excluding hydrogens is 399 g/mol. The fraction of sp³-hybridized carbons (Fsp3) is 0.261. The molecule has 160 valence electrons. The van der Waals surface area contributed by atoms with Crippen LogP contribution in [0.5, 0.6) is 0 Å². The summed E-state index contributed by atoms with van der Waals surface area (Å²) in [6.45, 7) is 7.53. The molecule has 4 aromatic rings. The summed E-state index contributed by atoms with van der Waals surface area (Å²) in [5.41, 5.74) is 2.68. The van der Waals surface area contributed by atoms with E-state index in [2.05, 4.69) is 15.5 Å². The molecule has 0 spiro atoms. The molecule has 8 heteroatoms. The Morgan fingerprint density at radius 3 is 2.55 bits per heavy atom. The molecule has 2 heterocycles. The van der Waals surface area contributed by atoms with E-state index in [0.29, 0.717) is 24.0 Å². The number of ether oxygens (including phenoxy) is 1. The van der Waals surface area contributed by atoms with Crippen molar-refractivity contribution in [1.29, 1.82) is 0 Å². The summed E-state index contributed by atoms with van der Waals surface area (Å²) in [7, 11) is 0. The molecule has 1 amide bonds. The number of carbonyl (C=O) groups excluding carboxylic acids is 1. The van der Waals surface area contributed by atoms with Gasteiger partial charge in [-0.2, -0.15) is 4.98 Å². The molecule has 2 aromatic carbocycles. The molecule has 0 aliphatic heterocycles. The largest absolute Gasteiger partial charge is 0.444 e. The molecule has 31 heavy (non-hydrogen) atoms. The Hall–Kier alpha value is -3.68. The highest BCUT2D eigenvalue weighted by atomic mass is 19.1. The first-order valence-electron chi connectivity index (χ1n) is 9.87. The standard InChI is InChI=1S/C23H23FN4O3/c1-14-26-21(31-27-14)20-12-16-11-17(24)7-10-19(16)28(20)18-8-5-15(6-9-18)13-25-22(29)30-23(2,3)4/h5-12H,13H2,1-4H3,(H,25,29). The first-order chi connectivity index (χ1) is 14.7. The van der Waals surface area contributed by atoms with E-state index in [1.54, 1.807) is 13.0 Å². The van der Waals surface area contributed by atoms with Gasteiger partial charge in [-0.3, -0.25) is 0 Å². The second-order valence-corrected chi connectivity index (χ2v) is 8.24. The van der Waals surface area contributed by atoms with Crippen LogP contribution in [0.15, 0.2) is 53.1 Å². The van der Waals surface area contributed by atoms with Gasteiger partial charge in [0.1, 0.15) is 17.1 Å². The first kappa shape index (κ1) is 20.6. The third kappa shape index (κ3) is 4.58. The van der Waals surface area contributed by atoms with Crippen LogP contribution in [0.3, 0.4) is 0 Å². The molecule has 0 bridgehead atoms. The Bertz CT molecular complexity index is 1240.